The van der Waals surface area contributed by atoms with Crippen molar-refractivity contribution in [2.75, 3.05) is 38.7 Å². The standard InChI is InChI=1S/C12H21N5O/c1-10(2)17-5-4-13-11(12(17)18)14-16-8-6-15(3)7-9-16/h4-5,10H,6-9H2,1-3H3,(H,13,14). The lowest BCUT2D eigenvalue weighted by Gasteiger charge is -2.32. The third-order valence-corrected chi connectivity index (χ3v) is 3.19. The topological polar surface area (TPSA) is 53.4 Å². The van der Waals surface area contributed by atoms with Crippen molar-refractivity contribution in [2.45, 2.75) is 19.9 Å². The minimum absolute atomic E-state index is 0.0635. The molecule has 2 rings (SSSR count). The van der Waals surface area contributed by atoms with E-state index in [9.17, 15) is 4.79 Å². The summed E-state index contributed by atoms with van der Waals surface area (Å²) in [6.07, 6.45) is 3.39. The summed E-state index contributed by atoms with van der Waals surface area (Å²) in [5.74, 6) is 0.413. The maximum Gasteiger partial charge on any atom is 0.294 e. The van der Waals surface area contributed by atoms with Crippen LogP contribution in [0.3, 0.4) is 0 Å². The SMILES string of the molecule is CC(C)n1ccnc(NN2CCN(C)CC2)c1=O. The molecule has 0 aliphatic carbocycles. The molecule has 0 saturated carbocycles. The van der Waals surface area contributed by atoms with Crippen LogP contribution < -0.4 is 11.0 Å². The molecule has 1 aromatic rings. The number of aromatic nitrogens is 2. The Bertz CT molecular complexity index is 448. The van der Waals surface area contributed by atoms with Gasteiger partial charge in [-0.25, -0.2) is 9.99 Å². The van der Waals surface area contributed by atoms with E-state index in [4.69, 9.17) is 0 Å². The fraction of sp³-hybridized carbons (Fsp3) is 0.667. The molecule has 1 saturated heterocycles. The average Bonchev–Trinajstić information content (AvgIpc) is 2.34. The molecule has 1 aliphatic heterocycles. The predicted molar refractivity (Wildman–Crippen MR) is 71.6 cm³/mol. The molecule has 6 nitrogen and oxygen atoms in total. The number of piperazine rings is 1. The summed E-state index contributed by atoms with van der Waals surface area (Å²) in [5.41, 5.74) is 3.06. The molecule has 0 aromatic carbocycles. The summed E-state index contributed by atoms with van der Waals surface area (Å²) in [6.45, 7) is 7.76. The highest BCUT2D eigenvalue weighted by molar-refractivity contribution is 5.29. The summed E-state index contributed by atoms with van der Waals surface area (Å²) in [6, 6.07) is 0.147. The lowest BCUT2D eigenvalue weighted by molar-refractivity contribution is 0.178. The van der Waals surface area contributed by atoms with E-state index in [1.165, 1.54) is 0 Å². The molecule has 1 fully saturated rings. The highest BCUT2D eigenvalue weighted by Gasteiger charge is 2.15. The van der Waals surface area contributed by atoms with E-state index in [1.807, 2.05) is 13.8 Å². The molecule has 0 spiro atoms. The Morgan fingerprint density at radius 2 is 1.94 bits per heavy atom. The van der Waals surface area contributed by atoms with Gasteiger partial charge >= 0.3 is 0 Å². The zero-order chi connectivity index (χ0) is 13.1. The van der Waals surface area contributed by atoms with Gasteiger partial charge in [-0.3, -0.25) is 10.2 Å². The number of likely N-dealkylation sites (N-methyl/N-ethyl adjacent to an activating group) is 1. The van der Waals surface area contributed by atoms with Crippen LogP contribution in [0, 0.1) is 0 Å². The molecule has 0 unspecified atom stereocenters. The first-order chi connectivity index (χ1) is 8.58. The van der Waals surface area contributed by atoms with Crippen LogP contribution in [0.4, 0.5) is 5.82 Å². The van der Waals surface area contributed by atoms with Crippen molar-refractivity contribution < 1.29 is 0 Å². The van der Waals surface area contributed by atoms with Gasteiger partial charge in [0, 0.05) is 44.6 Å². The number of hydrogen-bond acceptors (Lipinski definition) is 5. The molecule has 0 atom stereocenters. The average molecular weight is 251 g/mol. The molecule has 100 valence electrons. The summed E-state index contributed by atoms with van der Waals surface area (Å²) < 4.78 is 1.69. The van der Waals surface area contributed by atoms with Crippen molar-refractivity contribution >= 4 is 5.82 Å². The highest BCUT2D eigenvalue weighted by Crippen LogP contribution is 2.04. The van der Waals surface area contributed by atoms with Gasteiger partial charge in [-0.15, -0.1) is 0 Å². The fourth-order valence-corrected chi connectivity index (χ4v) is 1.98. The van der Waals surface area contributed by atoms with Gasteiger partial charge in [-0.05, 0) is 20.9 Å². The quantitative estimate of drug-likeness (QED) is 0.842. The van der Waals surface area contributed by atoms with Crippen molar-refractivity contribution in [3.63, 3.8) is 0 Å². The molecular weight excluding hydrogens is 230 g/mol. The van der Waals surface area contributed by atoms with Crippen molar-refractivity contribution in [3.8, 4) is 0 Å². The maximum absolute atomic E-state index is 12.1. The number of anilines is 1. The molecule has 0 amide bonds. The normalized spacial score (nSPS) is 18.2. The van der Waals surface area contributed by atoms with Crippen molar-refractivity contribution in [2.24, 2.45) is 0 Å². The number of rotatable bonds is 3. The predicted octanol–water partition coefficient (Wildman–Crippen LogP) is 0.398. The smallest absolute Gasteiger partial charge is 0.294 e. The Kier molecular flexibility index (Phi) is 3.98. The van der Waals surface area contributed by atoms with Crippen LogP contribution in [0.5, 0.6) is 0 Å². The van der Waals surface area contributed by atoms with Crippen LogP contribution >= 0.6 is 0 Å². The van der Waals surface area contributed by atoms with Gasteiger partial charge in [0.1, 0.15) is 0 Å². The number of hydrazine groups is 1. The Morgan fingerprint density at radius 1 is 1.28 bits per heavy atom. The zero-order valence-electron chi connectivity index (χ0n) is 11.3. The highest BCUT2D eigenvalue weighted by atomic mass is 16.1. The van der Waals surface area contributed by atoms with E-state index in [0.29, 0.717) is 5.82 Å². The van der Waals surface area contributed by atoms with E-state index in [-0.39, 0.29) is 11.6 Å². The molecule has 1 aliphatic rings. The second-order valence-electron chi connectivity index (χ2n) is 4.98. The van der Waals surface area contributed by atoms with E-state index in [2.05, 4.69) is 27.4 Å². The first kappa shape index (κ1) is 13.0. The van der Waals surface area contributed by atoms with Gasteiger partial charge < -0.3 is 9.47 Å². The summed E-state index contributed by atoms with van der Waals surface area (Å²) >= 11 is 0. The van der Waals surface area contributed by atoms with Crippen LogP contribution in [-0.2, 0) is 0 Å². The minimum atomic E-state index is -0.0635. The number of nitrogens with zero attached hydrogens (tertiary/aromatic N) is 4. The molecule has 1 N–H and O–H groups in total. The molecular formula is C12H21N5O. The van der Waals surface area contributed by atoms with Crippen LogP contribution in [0.25, 0.3) is 0 Å². The second-order valence-corrected chi connectivity index (χ2v) is 4.98. The first-order valence-corrected chi connectivity index (χ1v) is 6.35. The largest absolute Gasteiger partial charge is 0.308 e. The molecule has 0 radical (unpaired) electrons. The van der Waals surface area contributed by atoms with Crippen LogP contribution in [0.1, 0.15) is 19.9 Å². The molecule has 1 aromatic heterocycles. The van der Waals surface area contributed by atoms with E-state index >= 15 is 0 Å². The van der Waals surface area contributed by atoms with Crippen molar-refractivity contribution in [1.82, 2.24) is 19.5 Å². The Hall–Kier alpha value is -1.40. The third kappa shape index (κ3) is 2.88. The van der Waals surface area contributed by atoms with Gasteiger partial charge in [0.2, 0.25) is 5.82 Å². The van der Waals surface area contributed by atoms with Crippen molar-refractivity contribution in [3.05, 3.63) is 22.7 Å². The summed E-state index contributed by atoms with van der Waals surface area (Å²) in [4.78, 5) is 18.6. The van der Waals surface area contributed by atoms with Gasteiger partial charge in [0.25, 0.3) is 5.56 Å². The van der Waals surface area contributed by atoms with Gasteiger partial charge in [0.15, 0.2) is 0 Å². The van der Waals surface area contributed by atoms with Crippen LogP contribution in [0.2, 0.25) is 0 Å². The van der Waals surface area contributed by atoms with Gasteiger partial charge in [-0.1, -0.05) is 0 Å². The molecule has 18 heavy (non-hydrogen) atoms. The summed E-state index contributed by atoms with van der Waals surface area (Å²) in [5, 5.41) is 2.05. The summed E-state index contributed by atoms with van der Waals surface area (Å²) in [7, 11) is 2.10. The monoisotopic (exact) mass is 251 g/mol. The van der Waals surface area contributed by atoms with Gasteiger partial charge in [0.05, 0.1) is 0 Å². The maximum atomic E-state index is 12.1. The lowest BCUT2D eigenvalue weighted by Crippen LogP contribution is -2.48. The Morgan fingerprint density at radius 3 is 2.56 bits per heavy atom. The fourth-order valence-electron chi connectivity index (χ4n) is 1.98. The number of nitrogens with one attached hydrogen (secondary N) is 1. The van der Waals surface area contributed by atoms with E-state index in [1.54, 1.807) is 17.0 Å². The molecule has 0 bridgehead atoms. The van der Waals surface area contributed by atoms with Gasteiger partial charge in [-0.2, -0.15) is 0 Å². The third-order valence-electron chi connectivity index (χ3n) is 3.19. The van der Waals surface area contributed by atoms with E-state index in [0.717, 1.165) is 26.2 Å². The minimum Gasteiger partial charge on any atom is -0.308 e. The Labute approximate surface area is 107 Å². The second kappa shape index (κ2) is 5.49. The molecule has 2 heterocycles. The van der Waals surface area contributed by atoms with Crippen LogP contribution in [0.15, 0.2) is 17.2 Å². The Balaban J connectivity index is 2.10. The number of hydrogen-bond donors (Lipinski definition) is 1. The van der Waals surface area contributed by atoms with Crippen molar-refractivity contribution in [1.29, 1.82) is 0 Å². The van der Waals surface area contributed by atoms with E-state index < -0.39 is 0 Å². The first-order valence-electron chi connectivity index (χ1n) is 6.35. The van der Waals surface area contributed by atoms with Crippen LogP contribution in [-0.4, -0.2) is 52.7 Å². The molecule has 6 heteroatoms. The zero-order valence-corrected chi connectivity index (χ0v) is 11.3. The lowest BCUT2D eigenvalue weighted by atomic mass is 10.4.